The van der Waals surface area contributed by atoms with Gasteiger partial charge >= 0.3 is 0 Å². The second kappa shape index (κ2) is 5.78. The van der Waals surface area contributed by atoms with Crippen LogP contribution in [0.1, 0.15) is 11.1 Å². The van der Waals surface area contributed by atoms with Gasteiger partial charge in [-0.1, -0.05) is 35.9 Å². The minimum Gasteiger partial charge on any atom is -0.489 e. The van der Waals surface area contributed by atoms with E-state index in [2.05, 4.69) is 43.5 Å². The maximum Gasteiger partial charge on any atom is 0.119 e. The second-order valence-electron chi connectivity index (χ2n) is 3.91. The predicted molar refractivity (Wildman–Crippen MR) is 73.7 cm³/mol. The molecule has 0 fully saturated rings. The minimum atomic E-state index is 0.625. The van der Waals surface area contributed by atoms with Crippen molar-refractivity contribution in [2.75, 3.05) is 6.26 Å². The summed E-state index contributed by atoms with van der Waals surface area (Å²) in [6.07, 6.45) is 2.09. The minimum absolute atomic E-state index is 0.625. The van der Waals surface area contributed by atoms with Gasteiger partial charge < -0.3 is 4.74 Å². The van der Waals surface area contributed by atoms with Crippen molar-refractivity contribution in [3.63, 3.8) is 0 Å². The summed E-state index contributed by atoms with van der Waals surface area (Å²) in [6.45, 7) is 2.70. The average Bonchev–Trinajstić information content (AvgIpc) is 2.38. The maximum atomic E-state index is 5.78. The molecule has 1 nitrogen and oxygen atoms in total. The Labute approximate surface area is 107 Å². The van der Waals surface area contributed by atoms with Crippen LogP contribution in [0.4, 0.5) is 0 Å². The largest absolute Gasteiger partial charge is 0.489 e. The number of ether oxygens (including phenoxy) is 1. The molecule has 2 rings (SSSR count). The standard InChI is InChI=1S/C15H16OS/c1-12-7-9-14(10-8-12)16-11-13-5-3-4-6-15(13)17-2/h3-10H,11H2,1-2H3. The summed E-state index contributed by atoms with van der Waals surface area (Å²) < 4.78 is 5.78. The van der Waals surface area contributed by atoms with Crippen molar-refractivity contribution in [2.24, 2.45) is 0 Å². The van der Waals surface area contributed by atoms with Crippen LogP contribution in [-0.4, -0.2) is 6.26 Å². The Morgan fingerprint density at radius 2 is 1.71 bits per heavy atom. The first-order chi connectivity index (χ1) is 8.29. The van der Waals surface area contributed by atoms with Crippen molar-refractivity contribution in [3.05, 3.63) is 59.7 Å². The van der Waals surface area contributed by atoms with Crippen LogP contribution in [0.3, 0.4) is 0 Å². The van der Waals surface area contributed by atoms with E-state index >= 15 is 0 Å². The van der Waals surface area contributed by atoms with Gasteiger partial charge in [-0.05, 0) is 31.4 Å². The first-order valence-corrected chi connectivity index (χ1v) is 6.83. The molecule has 0 aliphatic carbocycles. The van der Waals surface area contributed by atoms with E-state index < -0.39 is 0 Å². The Kier molecular flexibility index (Phi) is 4.10. The van der Waals surface area contributed by atoms with Crippen LogP contribution in [0.5, 0.6) is 5.75 Å². The lowest BCUT2D eigenvalue weighted by atomic mass is 10.2. The zero-order chi connectivity index (χ0) is 12.1. The number of hydrogen-bond acceptors (Lipinski definition) is 2. The fourth-order valence-electron chi connectivity index (χ4n) is 1.62. The van der Waals surface area contributed by atoms with Gasteiger partial charge in [0, 0.05) is 10.5 Å². The molecule has 0 saturated carbocycles. The molecular formula is C15H16OS. The summed E-state index contributed by atoms with van der Waals surface area (Å²) in [5, 5.41) is 0. The number of hydrogen-bond donors (Lipinski definition) is 0. The molecule has 0 N–H and O–H groups in total. The molecule has 2 aromatic rings. The zero-order valence-electron chi connectivity index (χ0n) is 10.1. The van der Waals surface area contributed by atoms with Crippen LogP contribution in [0.15, 0.2) is 53.4 Å². The van der Waals surface area contributed by atoms with Gasteiger partial charge in [0.25, 0.3) is 0 Å². The highest BCUT2D eigenvalue weighted by atomic mass is 32.2. The molecule has 2 heteroatoms. The van der Waals surface area contributed by atoms with Crippen molar-refractivity contribution >= 4 is 11.8 Å². The molecular weight excluding hydrogens is 228 g/mol. The Bertz CT molecular complexity index is 477. The third kappa shape index (κ3) is 3.27. The molecule has 0 amide bonds. The second-order valence-corrected chi connectivity index (χ2v) is 4.76. The fraction of sp³-hybridized carbons (Fsp3) is 0.200. The van der Waals surface area contributed by atoms with Crippen LogP contribution in [0, 0.1) is 6.92 Å². The molecule has 0 unspecified atom stereocenters. The highest BCUT2D eigenvalue weighted by Crippen LogP contribution is 2.21. The van der Waals surface area contributed by atoms with E-state index in [4.69, 9.17) is 4.74 Å². The Morgan fingerprint density at radius 1 is 1.00 bits per heavy atom. The Hall–Kier alpha value is -1.41. The molecule has 0 saturated heterocycles. The third-order valence-corrected chi connectivity index (χ3v) is 3.45. The van der Waals surface area contributed by atoms with Crippen LogP contribution < -0.4 is 4.74 Å². The summed E-state index contributed by atoms with van der Waals surface area (Å²) >= 11 is 1.75. The number of benzene rings is 2. The number of rotatable bonds is 4. The Balaban J connectivity index is 2.04. The van der Waals surface area contributed by atoms with Crippen LogP contribution >= 0.6 is 11.8 Å². The summed E-state index contributed by atoms with van der Waals surface area (Å²) in [4.78, 5) is 1.28. The van der Waals surface area contributed by atoms with Gasteiger partial charge in [-0.3, -0.25) is 0 Å². The van der Waals surface area contributed by atoms with E-state index in [1.165, 1.54) is 16.0 Å². The van der Waals surface area contributed by atoms with Gasteiger partial charge in [0.05, 0.1) is 0 Å². The fourth-order valence-corrected chi connectivity index (χ4v) is 2.22. The lowest BCUT2D eigenvalue weighted by molar-refractivity contribution is 0.303. The normalized spacial score (nSPS) is 10.2. The molecule has 0 bridgehead atoms. The maximum absolute atomic E-state index is 5.78. The van der Waals surface area contributed by atoms with E-state index in [9.17, 15) is 0 Å². The first-order valence-electron chi connectivity index (χ1n) is 5.61. The van der Waals surface area contributed by atoms with E-state index in [0.29, 0.717) is 6.61 Å². The van der Waals surface area contributed by atoms with Crippen molar-refractivity contribution in [1.82, 2.24) is 0 Å². The number of thioether (sulfide) groups is 1. The van der Waals surface area contributed by atoms with Gasteiger partial charge in [-0.2, -0.15) is 0 Å². The van der Waals surface area contributed by atoms with E-state index in [1.54, 1.807) is 11.8 Å². The van der Waals surface area contributed by atoms with E-state index in [-0.39, 0.29) is 0 Å². The van der Waals surface area contributed by atoms with Gasteiger partial charge in [0.2, 0.25) is 0 Å². The molecule has 0 aliphatic rings. The van der Waals surface area contributed by atoms with Gasteiger partial charge in [0.15, 0.2) is 0 Å². The van der Waals surface area contributed by atoms with E-state index in [0.717, 1.165) is 5.75 Å². The molecule has 0 radical (unpaired) electrons. The highest BCUT2D eigenvalue weighted by molar-refractivity contribution is 7.98. The summed E-state index contributed by atoms with van der Waals surface area (Å²) in [6, 6.07) is 16.5. The topological polar surface area (TPSA) is 9.23 Å². The van der Waals surface area contributed by atoms with Crippen molar-refractivity contribution < 1.29 is 4.74 Å². The molecule has 17 heavy (non-hydrogen) atoms. The summed E-state index contributed by atoms with van der Waals surface area (Å²) in [7, 11) is 0. The smallest absolute Gasteiger partial charge is 0.119 e. The first kappa shape index (κ1) is 12.1. The van der Waals surface area contributed by atoms with Crippen LogP contribution in [-0.2, 0) is 6.61 Å². The lowest BCUT2D eigenvalue weighted by Crippen LogP contribution is -1.96. The molecule has 0 spiro atoms. The Morgan fingerprint density at radius 3 is 2.41 bits per heavy atom. The van der Waals surface area contributed by atoms with Crippen LogP contribution in [0.2, 0.25) is 0 Å². The van der Waals surface area contributed by atoms with Crippen LogP contribution in [0.25, 0.3) is 0 Å². The summed E-state index contributed by atoms with van der Waals surface area (Å²) in [5.74, 6) is 0.923. The molecule has 0 aliphatic heterocycles. The van der Waals surface area contributed by atoms with Gasteiger partial charge in [0.1, 0.15) is 12.4 Å². The molecule has 0 heterocycles. The average molecular weight is 244 g/mol. The SMILES string of the molecule is CSc1ccccc1COc1ccc(C)cc1. The monoisotopic (exact) mass is 244 g/mol. The van der Waals surface area contributed by atoms with Crippen molar-refractivity contribution in [2.45, 2.75) is 18.4 Å². The molecule has 2 aromatic carbocycles. The quantitative estimate of drug-likeness (QED) is 0.742. The molecule has 0 aromatic heterocycles. The zero-order valence-corrected chi connectivity index (χ0v) is 11.0. The highest BCUT2D eigenvalue weighted by Gasteiger charge is 2.01. The molecule has 88 valence electrons. The third-order valence-electron chi connectivity index (χ3n) is 2.61. The predicted octanol–water partition coefficient (Wildman–Crippen LogP) is 4.30. The van der Waals surface area contributed by atoms with Gasteiger partial charge in [-0.15, -0.1) is 11.8 Å². The van der Waals surface area contributed by atoms with E-state index in [1.807, 2.05) is 18.2 Å². The van der Waals surface area contributed by atoms with Crippen molar-refractivity contribution in [3.8, 4) is 5.75 Å². The summed E-state index contributed by atoms with van der Waals surface area (Å²) in [5.41, 5.74) is 2.49. The molecule has 0 atom stereocenters. The number of aryl methyl sites for hydroxylation is 1. The lowest BCUT2D eigenvalue weighted by Gasteiger charge is -2.09. The van der Waals surface area contributed by atoms with Gasteiger partial charge in [-0.25, -0.2) is 0 Å². The van der Waals surface area contributed by atoms with Crippen molar-refractivity contribution in [1.29, 1.82) is 0 Å².